The Kier molecular flexibility index (Phi) is 6.14. The standard InChI is InChI=1S/C20H24N6O/c1-3-17(16-8-5-4-6-9-16)20(27)22-12-11-21-18-14-19(25-15(2)24-18)26-13-7-10-23-26/h4-10,13-14,17H,3,11-12H2,1-2H3,(H,22,27)(H,21,24,25)/t17-/m1/s1. The van der Waals surface area contributed by atoms with Crippen LogP contribution >= 0.6 is 0 Å². The van der Waals surface area contributed by atoms with Gasteiger partial charge in [-0.05, 0) is 25.0 Å². The van der Waals surface area contributed by atoms with Crippen LogP contribution in [-0.4, -0.2) is 38.7 Å². The van der Waals surface area contributed by atoms with Gasteiger partial charge in [-0.3, -0.25) is 4.79 Å². The average Bonchev–Trinajstić information content (AvgIpc) is 3.21. The van der Waals surface area contributed by atoms with E-state index in [2.05, 4.69) is 25.7 Å². The van der Waals surface area contributed by atoms with Gasteiger partial charge in [0, 0.05) is 31.5 Å². The van der Waals surface area contributed by atoms with E-state index in [1.54, 1.807) is 10.9 Å². The molecule has 0 saturated carbocycles. The van der Waals surface area contributed by atoms with Crippen molar-refractivity contribution in [1.82, 2.24) is 25.1 Å². The number of nitrogens with one attached hydrogen (secondary N) is 2. The van der Waals surface area contributed by atoms with Crippen molar-refractivity contribution in [3.8, 4) is 5.82 Å². The van der Waals surface area contributed by atoms with E-state index in [1.165, 1.54) is 0 Å². The highest BCUT2D eigenvalue weighted by Gasteiger charge is 2.17. The maximum Gasteiger partial charge on any atom is 0.227 e. The third-order valence-corrected chi connectivity index (χ3v) is 4.22. The van der Waals surface area contributed by atoms with Crippen LogP contribution in [0.4, 0.5) is 5.82 Å². The lowest BCUT2D eigenvalue weighted by Crippen LogP contribution is -2.33. The zero-order valence-corrected chi connectivity index (χ0v) is 15.6. The third-order valence-electron chi connectivity index (χ3n) is 4.22. The first-order valence-corrected chi connectivity index (χ1v) is 9.09. The molecule has 1 amide bonds. The first-order chi connectivity index (χ1) is 13.2. The molecular formula is C20H24N6O. The molecule has 0 unspecified atom stereocenters. The summed E-state index contributed by atoms with van der Waals surface area (Å²) in [5.41, 5.74) is 1.04. The number of nitrogens with zero attached hydrogens (tertiary/aromatic N) is 4. The summed E-state index contributed by atoms with van der Waals surface area (Å²) in [5.74, 6) is 1.98. The summed E-state index contributed by atoms with van der Waals surface area (Å²) in [6.07, 6.45) is 4.30. The van der Waals surface area contributed by atoms with Crippen molar-refractivity contribution in [2.24, 2.45) is 0 Å². The van der Waals surface area contributed by atoms with Crippen molar-refractivity contribution >= 4 is 11.7 Å². The summed E-state index contributed by atoms with van der Waals surface area (Å²) in [6, 6.07) is 13.5. The lowest BCUT2D eigenvalue weighted by atomic mass is 9.96. The fraction of sp³-hybridized carbons (Fsp3) is 0.300. The number of carbonyl (C=O) groups is 1. The second-order valence-electron chi connectivity index (χ2n) is 6.20. The smallest absolute Gasteiger partial charge is 0.227 e. The molecule has 0 aliphatic rings. The van der Waals surface area contributed by atoms with Gasteiger partial charge >= 0.3 is 0 Å². The molecule has 3 rings (SSSR count). The fourth-order valence-corrected chi connectivity index (χ4v) is 2.92. The van der Waals surface area contributed by atoms with Crippen LogP contribution < -0.4 is 10.6 Å². The maximum absolute atomic E-state index is 12.5. The van der Waals surface area contributed by atoms with Gasteiger partial charge in [0.05, 0.1) is 5.92 Å². The molecular weight excluding hydrogens is 340 g/mol. The molecule has 0 radical (unpaired) electrons. The Balaban J connectivity index is 1.53. The highest BCUT2D eigenvalue weighted by molar-refractivity contribution is 5.83. The van der Waals surface area contributed by atoms with Crippen molar-refractivity contribution < 1.29 is 4.79 Å². The predicted octanol–water partition coefficient (Wildman–Crippen LogP) is 2.69. The zero-order chi connectivity index (χ0) is 19.1. The number of rotatable bonds is 8. The summed E-state index contributed by atoms with van der Waals surface area (Å²) in [4.78, 5) is 21.2. The number of hydrogen-bond donors (Lipinski definition) is 2. The van der Waals surface area contributed by atoms with Crippen LogP contribution in [0.1, 0.15) is 30.7 Å². The van der Waals surface area contributed by atoms with E-state index in [0.717, 1.165) is 12.0 Å². The molecule has 1 atom stereocenters. The molecule has 2 heterocycles. The molecule has 0 saturated heterocycles. The van der Waals surface area contributed by atoms with Gasteiger partial charge in [-0.25, -0.2) is 14.6 Å². The molecule has 7 heteroatoms. The predicted molar refractivity (Wildman–Crippen MR) is 105 cm³/mol. The van der Waals surface area contributed by atoms with Crippen LogP contribution in [0.15, 0.2) is 54.9 Å². The summed E-state index contributed by atoms with van der Waals surface area (Å²) in [6.45, 7) is 4.95. The van der Waals surface area contributed by atoms with Gasteiger partial charge in [0.25, 0.3) is 0 Å². The lowest BCUT2D eigenvalue weighted by Gasteiger charge is -2.16. The minimum Gasteiger partial charge on any atom is -0.368 e. The number of anilines is 1. The number of amides is 1. The van der Waals surface area contributed by atoms with E-state index in [0.29, 0.717) is 30.5 Å². The van der Waals surface area contributed by atoms with Crippen LogP contribution in [0.5, 0.6) is 0 Å². The Hall–Kier alpha value is -3.22. The maximum atomic E-state index is 12.5. The van der Waals surface area contributed by atoms with Gasteiger partial charge in [-0.2, -0.15) is 5.10 Å². The molecule has 140 valence electrons. The second kappa shape index (κ2) is 8.93. The minimum atomic E-state index is -0.126. The highest BCUT2D eigenvalue weighted by Crippen LogP contribution is 2.19. The van der Waals surface area contributed by atoms with E-state index in [-0.39, 0.29) is 11.8 Å². The first kappa shape index (κ1) is 18.6. The van der Waals surface area contributed by atoms with E-state index in [4.69, 9.17) is 0 Å². The summed E-state index contributed by atoms with van der Waals surface area (Å²) in [5, 5.41) is 10.4. The molecule has 0 bridgehead atoms. The number of aromatic nitrogens is 4. The minimum absolute atomic E-state index is 0.0431. The van der Waals surface area contributed by atoms with Crippen molar-refractivity contribution in [1.29, 1.82) is 0 Å². The van der Waals surface area contributed by atoms with Gasteiger partial charge in [-0.1, -0.05) is 37.3 Å². The summed E-state index contributed by atoms with van der Waals surface area (Å²) in [7, 11) is 0. The van der Waals surface area contributed by atoms with Gasteiger partial charge in [0.1, 0.15) is 11.6 Å². The fourth-order valence-electron chi connectivity index (χ4n) is 2.92. The first-order valence-electron chi connectivity index (χ1n) is 9.09. The topological polar surface area (TPSA) is 84.7 Å². The number of aryl methyl sites for hydroxylation is 1. The largest absolute Gasteiger partial charge is 0.368 e. The molecule has 27 heavy (non-hydrogen) atoms. The molecule has 0 spiro atoms. The lowest BCUT2D eigenvalue weighted by molar-refractivity contribution is -0.122. The average molecular weight is 364 g/mol. The third kappa shape index (κ3) is 4.91. The molecule has 7 nitrogen and oxygen atoms in total. The molecule has 0 aliphatic heterocycles. The Labute approximate surface area is 158 Å². The van der Waals surface area contributed by atoms with Gasteiger partial charge in [0.15, 0.2) is 5.82 Å². The van der Waals surface area contributed by atoms with Crippen molar-refractivity contribution in [2.45, 2.75) is 26.2 Å². The normalized spacial score (nSPS) is 11.8. The highest BCUT2D eigenvalue weighted by atomic mass is 16.1. The molecule has 3 aromatic rings. The Morgan fingerprint density at radius 3 is 2.67 bits per heavy atom. The Bertz CT molecular complexity index is 863. The van der Waals surface area contributed by atoms with Crippen LogP contribution in [0.2, 0.25) is 0 Å². The summed E-state index contributed by atoms with van der Waals surface area (Å²) < 4.78 is 1.69. The zero-order valence-electron chi connectivity index (χ0n) is 15.6. The number of hydrogen-bond acceptors (Lipinski definition) is 5. The van der Waals surface area contributed by atoms with Crippen LogP contribution in [0.3, 0.4) is 0 Å². The number of benzene rings is 1. The van der Waals surface area contributed by atoms with Crippen LogP contribution in [-0.2, 0) is 4.79 Å². The SMILES string of the molecule is CC[C@@H](C(=O)NCCNc1cc(-n2cccn2)nc(C)n1)c1ccccc1. The van der Waals surface area contributed by atoms with E-state index >= 15 is 0 Å². The monoisotopic (exact) mass is 364 g/mol. The van der Waals surface area contributed by atoms with Gasteiger partial charge in [-0.15, -0.1) is 0 Å². The van der Waals surface area contributed by atoms with Gasteiger partial charge in [0.2, 0.25) is 5.91 Å². The molecule has 2 aromatic heterocycles. The van der Waals surface area contributed by atoms with Crippen molar-refractivity contribution in [3.05, 3.63) is 66.2 Å². The number of carbonyl (C=O) groups excluding carboxylic acids is 1. The van der Waals surface area contributed by atoms with E-state index in [1.807, 2.05) is 62.5 Å². The van der Waals surface area contributed by atoms with Crippen molar-refractivity contribution in [2.75, 3.05) is 18.4 Å². The molecule has 0 fully saturated rings. The van der Waals surface area contributed by atoms with E-state index in [9.17, 15) is 4.79 Å². The van der Waals surface area contributed by atoms with Crippen LogP contribution in [0, 0.1) is 6.92 Å². The van der Waals surface area contributed by atoms with Crippen molar-refractivity contribution in [3.63, 3.8) is 0 Å². The second-order valence-corrected chi connectivity index (χ2v) is 6.20. The van der Waals surface area contributed by atoms with Crippen LogP contribution in [0.25, 0.3) is 5.82 Å². The Morgan fingerprint density at radius 1 is 1.15 bits per heavy atom. The van der Waals surface area contributed by atoms with Gasteiger partial charge < -0.3 is 10.6 Å². The molecule has 2 N–H and O–H groups in total. The summed E-state index contributed by atoms with van der Waals surface area (Å²) >= 11 is 0. The quantitative estimate of drug-likeness (QED) is 0.600. The van der Waals surface area contributed by atoms with E-state index < -0.39 is 0 Å². The molecule has 0 aliphatic carbocycles. The molecule has 1 aromatic carbocycles. The Morgan fingerprint density at radius 2 is 1.96 bits per heavy atom.